The molecule has 0 bridgehead atoms. The molecule has 5 N–H and O–H groups in total. The van der Waals surface area contributed by atoms with Gasteiger partial charge in [0.15, 0.2) is 6.23 Å². The summed E-state index contributed by atoms with van der Waals surface area (Å²) >= 11 is 1.67. The molecule has 1 aliphatic heterocycles. The Morgan fingerprint density at radius 2 is 2.00 bits per heavy atom. The van der Waals surface area contributed by atoms with Gasteiger partial charge < -0.3 is 24.7 Å². The van der Waals surface area contributed by atoms with E-state index in [1.807, 2.05) is 4.98 Å². The molecule has 1 saturated heterocycles. The second-order valence-corrected chi connectivity index (χ2v) is 6.88. The summed E-state index contributed by atoms with van der Waals surface area (Å²) in [7, 11) is -4.77. The van der Waals surface area contributed by atoms with Gasteiger partial charge in [-0.25, -0.2) is 9.36 Å². The number of aliphatic hydroxyl groups is 2. The molecular weight excluding hydrogens is 438 g/mol. The van der Waals surface area contributed by atoms with Gasteiger partial charge in [0.05, 0.1) is 10.2 Å². The van der Waals surface area contributed by atoms with E-state index in [2.05, 4.69) is 4.52 Å². The summed E-state index contributed by atoms with van der Waals surface area (Å²) in [4.78, 5) is 42.3. The van der Waals surface area contributed by atoms with E-state index in [4.69, 9.17) is 14.5 Å². The lowest BCUT2D eigenvalue weighted by Gasteiger charge is -2.17. The van der Waals surface area contributed by atoms with E-state index in [1.54, 1.807) is 22.6 Å². The minimum Gasteiger partial charge on any atom is -0.387 e. The first kappa shape index (κ1) is 17.7. The van der Waals surface area contributed by atoms with Crippen molar-refractivity contribution in [3.05, 3.63) is 30.6 Å². The first-order valence-corrected chi connectivity index (χ1v) is 8.43. The van der Waals surface area contributed by atoms with Crippen LogP contribution in [0.25, 0.3) is 0 Å². The topological polar surface area (TPSA) is 171 Å². The van der Waals surface area contributed by atoms with Gasteiger partial charge in [0.1, 0.15) is 18.3 Å². The van der Waals surface area contributed by atoms with Crippen molar-refractivity contribution in [3.8, 4) is 0 Å². The molecule has 0 radical (unpaired) electrons. The molecule has 11 nitrogen and oxygen atoms in total. The van der Waals surface area contributed by atoms with Crippen LogP contribution in [0.3, 0.4) is 0 Å². The van der Waals surface area contributed by atoms with Gasteiger partial charge in [0, 0.05) is 6.20 Å². The van der Waals surface area contributed by atoms with E-state index >= 15 is 0 Å². The number of ether oxygens (including phenoxy) is 1. The third-order valence-corrected chi connectivity index (χ3v) is 4.20. The smallest absolute Gasteiger partial charge is 0.387 e. The Kier molecular flexibility index (Phi) is 5.23. The third-order valence-electron chi connectivity index (χ3n) is 2.94. The van der Waals surface area contributed by atoms with Gasteiger partial charge in [0.2, 0.25) is 0 Å². The average molecular weight is 450 g/mol. The van der Waals surface area contributed by atoms with E-state index in [0.717, 1.165) is 10.8 Å². The molecule has 13 heteroatoms. The number of aliphatic hydroxyl groups excluding tert-OH is 2. The molecule has 2 rings (SSSR count). The van der Waals surface area contributed by atoms with Crippen LogP contribution in [-0.4, -0.2) is 54.5 Å². The van der Waals surface area contributed by atoms with E-state index in [9.17, 15) is 24.4 Å². The lowest BCUT2D eigenvalue weighted by Crippen LogP contribution is -2.38. The Bertz CT molecular complexity index is 712. The minimum atomic E-state index is -4.77. The largest absolute Gasteiger partial charge is 0.469 e. The summed E-state index contributed by atoms with van der Waals surface area (Å²) in [6, 6.07) is 0. The molecule has 1 aliphatic rings. The highest BCUT2D eigenvalue weighted by molar-refractivity contribution is 14.1. The first-order chi connectivity index (χ1) is 10.1. The van der Waals surface area contributed by atoms with Gasteiger partial charge >= 0.3 is 13.5 Å². The minimum absolute atomic E-state index is 0.150. The molecule has 0 amide bonds. The van der Waals surface area contributed by atoms with Crippen molar-refractivity contribution < 1.29 is 33.8 Å². The lowest BCUT2D eigenvalue weighted by atomic mass is 10.1. The molecule has 22 heavy (non-hydrogen) atoms. The van der Waals surface area contributed by atoms with Gasteiger partial charge in [-0.3, -0.25) is 18.9 Å². The molecule has 2 unspecified atom stereocenters. The number of rotatable bonds is 4. The van der Waals surface area contributed by atoms with Crippen LogP contribution >= 0.6 is 30.4 Å². The number of nitrogens with zero attached hydrogens (tertiary/aromatic N) is 1. The predicted octanol–water partition coefficient (Wildman–Crippen LogP) is -2.13. The second kappa shape index (κ2) is 6.49. The molecule has 1 fully saturated rings. The third kappa shape index (κ3) is 3.83. The van der Waals surface area contributed by atoms with Crippen LogP contribution < -0.4 is 11.2 Å². The summed E-state index contributed by atoms with van der Waals surface area (Å²) in [6.07, 6.45) is -4.55. The first-order valence-electron chi connectivity index (χ1n) is 5.83. The maximum Gasteiger partial charge on any atom is 0.469 e. The molecule has 0 aliphatic carbocycles. The number of aromatic nitrogens is 2. The van der Waals surface area contributed by atoms with E-state index in [-0.39, 0.29) is 3.57 Å². The van der Waals surface area contributed by atoms with Crippen molar-refractivity contribution in [1.82, 2.24) is 9.55 Å². The van der Waals surface area contributed by atoms with Crippen LogP contribution in [-0.2, 0) is 13.8 Å². The monoisotopic (exact) mass is 450 g/mol. The highest BCUT2D eigenvalue weighted by atomic mass is 127. The molecule has 0 aromatic carbocycles. The van der Waals surface area contributed by atoms with Gasteiger partial charge in [-0.05, 0) is 22.6 Å². The number of phosphoric acid groups is 1. The quantitative estimate of drug-likeness (QED) is 0.254. The summed E-state index contributed by atoms with van der Waals surface area (Å²) < 4.78 is 21.1. The predicted molar refractivity (Wildman–Crippen MR) is 78.0 cm³/mol. The lowest BCUT2D eigenvalue weighted by molar-refractivity contribution is -0.0544. The number of halogens is 1. The number of phosphoric ester groups is 1. The van der Waals surface area contributed by atoms with Crippen LogP contribution in [0.15, 0.2) is 15.8 Å². The maximum absolute atomic E-state index is 11.7. The van der Waals surface area contributed by atoms with Gasteiger partial charge in [-0.1, -0.05) is 0 Å². The van der Waals surface area contributed by atoms with Crippen LogP contribution in [0, 0.1) is 3.57 Å². The molecule has 124 valence electrons. The Morgan fingerprint density at radius 3 is 2.59 bits per heavy atom. The summed E-state index contributed by atoms with van der Waals surface area (Å²) in [5.41, 5.74) is -1.48. The fourth-order valence-electron chi connectivity index (χ4n) is 1.92. The molecule has 1 aromatic rings. The maximum atomic E-state index is 11.7. The molecular formula is C9H12IN2O9P. The van der Waals surface area contributed by atoms with Crippen molar-refractivity contribution in [3.63, 3.8) is 0 Å². The fraction of sp³-hybridized carbons (Fsp3) is 0.556. The van der Waals surface area contributed by atoms with Crippen molar-refractivity contribution in [2.45, 2.75) is 24.5 Å². The standard InChI is InChI=1S/C9H12IN2O9P/c10-3-1-12(9(16)11-7(3)15)8-6(14)5(13)4(21-8)2-20-22(17,18)19/h1,4-6,8,13-14H,2H2,(H,11,15,16)(H2,17,18,19)/t4-,5?,6?,8-/m1/s1. The van der Waals surface area contributed by atoms with Crippen molar-refractivity contribution in [2.75, 3.05) is 6.61 Å². The number of hydrogen-bond acceptors (Lipinski definition) is 7. The van der Waals surface area contributed by atoms with Crippen LogP contribution in [0.2, 0.25) is 0 Å². The van der Waals surface area contributed by atoms with E-state index in [1.165, 1.54) is 0 Å². The highest BCUT2D eigenvalue weighted by Gasteiger charge is 2.45. The number of aromatic amines is 1. The van der Waals surface area contributed by atoms with Crippen LogP contribution in [0.5, 0.6) is 0 Å². The fourth-order valence-corrected chi connectivity index (χ4v) is 2.69. The summed E-state index contributed by atoms with van der Waals surface area (Å²) in [6.45, 7) is -0.686. The highest BCUT2D eigenvalue weighted by Crippen LogP contribution is 2.38. The van der Waals surface area contributed by atoms with E-state index in [0.29, 0.717) is 0 Å². The van der Waals surface area contributed by atoms with Crippen molar-refractivity contribution >= 4 is 30.4 Å². The average Bonchev–Trinajstić information content (AvgIpc) is 2.68. The van der Waals surface area contributed by atoms with Crippen LogP contribution in [0.4, 0.5) is 0 Å². The SMILES string of the molecule is O=c1[nH]c(=O)n([C@@H]2O[C@H](COP(=O)(O)O)C(O)C2O)cc1I. The summed E-state index contributed by atoms with van der Waals surface area (Å²) in [5, 5.41) is 19.7. The molecule has 0 spiro atoms. The summed E-state index contributed by atoms with van der Waals surface area (Å²) in [5.74, 6) is 0. The molecule has 4 atom stereocenters. The Morgan fingerprint density at radius 1 is 1.36 bits per heavy atom. The normalized spacial score (nSPS) is 29.0. The Hall–Kier alpha value is -0.600. The van der Waals surface area contributed by atoms with Crippen molar-refractivity contribution in [2.24, 2.45) is 0 Å². The number of hydrogen-bond donors (Lipinski definition) is 5. The Labute approximate surface area is 135 Å². The second-order valence-electron chi connectivity index (χ2n) is 4.48. The molecule has 0 saturated carbocycles. The van der Waals surface area contributed by atoms with Crippen LogP contribution in [0.1, 0.15) is 6.23 Å². The van der Waals surface area contributed by atoms with Crippen molar-refractivity contribution in [1.29, 1.82) is 0 Å². The zero-order valence-corrected chi connectivity index (χ0v) is 13.7. The van der Waals surface area contributed by atoms with Gasteiger partial charge in [-0.15, -0.1) is 0 Å². The van der Waals surface area contributed by atoms with E-state index < -0.39 is 50.2 Å². The zero-order chi connectivity index (χ0) is 16.7. The molecule has 1 aromatic heterocycles. The number of H-pyrrole nitrogens is 1. The number of nitrogens with one attached hydrogen (secondary N) is 1. The zero-order valence-electron chi connectivity index (χ0n) is 10.7. The Balaban J connectivity index is 2.23. The van der Waals surface area contributed by atoms with Gasteiger partial charge in [0.25, 0.3) is 5.56 Å². The molecule has 2 heterocycles. The van der Waals surface area contributed by atoms with Gasteiger partial charge in [-0.2, -0.15) is 0 Å².